The molecule has 0 aliphatic heterocycles. The molecule has 1 amide bonds. The van der Waals surface area contributed by atoms with E-state index in [4.69, 9.17) is 5.14 Å². The number of hydrogen-bond acceptors (Lipinski definition) is 5. The Morgan fingerprint density at radius 1 is 1.33 bits per heavy atom. The third kappa shape index (κ3) is 3.87. The minimum atomic E-state index is -3.75. The molecule has 21 heavy (non-hydrogen) atoms. The molecular weight excluding hydrogens is 310 g/mol. The predicted molar refractivity (Wildman–Crippen MR) is 80.5 cm³/mol. The van der Waals surface area contributed by atoms with Crippen molar-refractivity contribution >= 4 is 27.3 Å². The number of carbonyl (C=O) groups excluding carboxylic acids is 1. The van der Waals surface area contributed by atoms with Crippen LogP contribution in [0.15, 0.2) is 34.5 Å². The average molecular weight is 325 g/mol. The SMILES string of the molecule is Cc1csc([C@@H](C)NC(=O)c2ccc(S(N)(=O)=O)cc2)n1. The van der Waals surface area contributed by atoms with Crippen molar-refractivity contribution in [3.05, 3.63) is 45.9 Å². The highest BCUT2D eigenvalue weighted by atomic mass is 32.2. The van der Waals surface area contributed by atoms with E-state index in [-0.39, 0.29) is 16.8 Å². The second-order valence-electron chi connectivity index (χ2n) is 4.59. The van der Waals surface area contributed by atoms with Crippen molar-refractivity contribution < 1.29 is 13.2 Å². The standard InChI is InChI=1S/C13H15N3O3S2/c1-8-7-20-13(15-8)9(2)16-12(17)10-3-5-11(6-4-10)21(14,18)19/h3-7,9H,1-2H3,(H,16,17)(H2,14,18,19)/t9-/m1/s1. The van der Waals surface area contributed by atoms with Gasteiger partial charge in [0.05, 0.1) is 10.9 Å². The summed E-state index contributed by atoms with van der Waals surface area (Å²) in [6, 6.07) is 5.25. The summed E-state index contributed by atoms with van der Waals surface area (Å²) < 4.78 is 22.3. The fourth-order valence-corrected chi connectivity index (χ4v) is 3.03. The van der Waals surface area contributed by atoms with E-state index >= 15 is 0 Å². The average Bonchev–Trinajstić information content (AvgIpc) is 2.84. The number of primary sulfonamides is 1. The summed E-state index contributed by atoms with van der Waals surface area (Å²) in [4.78, 5) is 16.4. The van der Waals surface area contributed by atoms with Crippen molar-refractivity contribution in [1.29, 1.82) is 0 Å². The van der Waals surface area contributed by atoms with E-state index in [1.54, 1.807) is 0 Å². The summed E-state index contributed by atoms with van der Waals surface area (Å²) in [5, 5.41) is 10.6. The predicted octanol–water partition coefficient (Wildman–Crippen LogP) is 1.59. The van der Waals surface area contributed by atoms with E-state index in [9.17, 15) is 13.2 Å². The van der Waals surface area contributed by atoms with Gasteiger partial charge in [-0.2, -0.15) is 0 Å². The van der Waals surface area contributed by atoms with Gasteiger partial charge in [0.2, 0.25) is 10.0 Å². The zero-order chi connectivity index (χ0) is 15.6. The molecule has 6 nitrogen and oxygen atoms in total. The number of benzene rings is 1. The molecule has 1 aromatic carbocycles. The number of sulfonamides is 1. The minimum absolute atomic E-state index is 0.0253. The number of amides is 1. The van der Waals surface area contributed by atoms with Crippen molar-refractivity contribution in [2.75, 3.05) is 0 Å². The summed E-state index contributed by atoms with van der Waals surface area (Å²) in [5.74, 6) is -0.295. The van der Waals surface area contributed by atoms with Crippen LogP contribution in [0.5, 0.6) is 0 Å². The van der Waals surface area contributed by atoms with Crippen molar-refractivity contribution in [3.8, 4) is 0 Å². The van der Waals surface area contributed by atoms with Gasteiger partial charge >= 0.3 is 0 Å². The van der Waals surface area contributed by atoms with Gasteiger partial charge in [-0.25, -0.2) is 18.5 Å². The molecule has 1 atom stereocenters. The lowest BCUT2D eigenvalue weighted by atomic mass is 10.2. The maximum absolute atomic E-state index is 12.1. The molecule has 0 aliphatic rings. The Kier molecular flexibility index (Phi) is 4.40. The maximum Gasteiger partial charge on any atom is 0.251 e. The van der Waals surface area contributed by atoms with Gasteiger partial charge in [-0.1, -0.05) is 0 Å². The molecule has 3 N–H and O–H groups in total. The quantitative estimate of drug-likeness (QED) is 0.891. The third-order valence-corrected chi connectivity index (χ3v) is 4.87. The van der Waals surface area contributed by atoms with Crippen LogP contribution in [0.4, 0.5) is 0 Å². The number of hydrogen-bond donors (Lipinski definition) is 2. The smallest absolute Gasteiger partial charge is 0.251 e. The first-order valence-electron chi connectivity index (χ1n) is 6.13. The van der Waals surface area contributed by atoms with E-state index in [2.05, 4.69) is 10.3 Å². The molecule has 8 heteroatoms. The molecule has 2 rings (SSSR count). The van der Waals surface area contributed by atoms with Gasteiger partial charge in [0.25, 0.3) is 5.91 Å². The summed E-state index contributed by atoms with van der Waals surface area (Å²) in [6.45, 7) is 3.73. The first-order valence-corrected chi connectivity index (χ1v) is 8.56. The third-order valence-electron chi connectivity index (χ3n) is 2.80. The second kappa shape index (κ2) is 5.92. The highest BCUT2D eigenvalue weighted by Crippen LogP contribution is 2.18. The van der Waals surface area contributed by atoms with Gasteiger partial charge in [0.15, 0.2) is 0 Å². The number of nitrogens with two attached hydrogens (primary N) is 1. The van der Waals surface area contributed by atoms with Crippen LogP contribution in [0.1, 0.15) is 34.0 Å². The zero-order valence-corrected chi connectivity index (χ0v) is 13.2. The minimum Gasteiger partial charge on any atom is -0.343 e. The molecule has 0 aliphatic carbocycles. The molecule has 0 saturated carbocycles. The van der Waals surface area contributed by atoms with Crippen molar-refractivity contribution in [3.63, 3.8) is 0 Å². The molecule has 1 heterocycles. The molecule has 2 aromatic rings. The fraction of sp³-hybridized carbons (Fsp3) is 0.231. The van der Waals surface area contributed by atoms with E-state index in [0.29, 0.717) is 5.56 Å². The number of aryl methyl sites for hydroxylation is 1. The Morgan fingerprint density at radius 2 is 1.95 bits per heavy atom. The Labute approximate surface area is 127 Å². The van der Waals surface area contributed by atoms with Crippen molar-refractivity contribution in [2.45, 2.75) is 24.8 Å². The van der Waals surface area contributed by atoms with Gasteiger partial charge in [-0.3, -0.25) is 4.79 Å². The molecule has 0 fully saturated rings. The lowest BCUT2D eigenvalue weighted by Crippen LogP contribution is -2.26. The summed E-state index contributed by atoms with van der Waals surface area (Å²) in [5.41, 5.74) is 1.27. The van der Waals surface area contributed by atoms with Crippen LogP contribution in [0.25, 0.3) is 0 Å². The number of rotatable bonds is 4. The highest BCUT2D eigenvalue weighted by molar-refractivity contribution is 7.89. The Bertz CT molecular complexity index is 751. The van der Waals surface area contributed by atoms with E-state index < -0.39 is 10.0 Å². The van der Waals surface area contributed by atoms with Crippen molar-refractivity contribution in [2.24, 2.45) is 5.14 Å². The van der Waals surface area contributed by atoms with Gasteiger partial charge in [0, 0.05) is 16.6 Å². The highest BCUT2D eigenvalue weighted by Gasteiger charge is 2.15. The molecule has 0 bridgehead atoms. The number of nitrogens with zero attached hydrogens (tertiary/aromatic N) is 1. The normalized spacial score (nSPS) is 12.9. The van der Waals surface area contributed by atoms with Gasteiger partial charge < -0.3 is 5.32 Å². The van der Waals surface area contributed by atoms with Gasteiger partial charge in [-0.15, -0.1) is 11.3 Å². The van der Waals surface area contributed by atoms with E-state index in [1.165, 1.54) is 35.6 Å². The number of thiazole rings is 1. The number of carbonyl (C=O) groups is 1. The molecular formula is C13H15N3O3S2. The first-order chi connectivity index (χ1) is 9.77. The molecule has 0 saturated heterocycles. The molecule has 0 radical (unpaired) electrons. The molecule has 0 unspecified atom stereocenters. The van der Waals surface area contributed by atoms with Crippen molar-refractivity contribution in [1.82, 2.24) is 10.3 Å². The topological polar surface area (TPSA) is 102 Å². The summed E-state index contributed by atoms with van der Waals surface area (Å²) in [6.07, 6.45) is 0. The Hall–Kier alpha value is -1.77. The van der Waals surface area contributed by atoms with Crippen LogP contribution >= 0.6 is 11.3 Å². The number of nitrogens with one attached hydrogen (secondary N) is 1. The van der Waals surface area contributed by atoms with Crippen LogP contribution < -0.4 is 10.5 Å². The van der Waals surface area contributed by atoms with E-state index in [0.717, 1.165) is 10.7 Å². The zero-order valence-electron chi connectivity index (χ0n) is 11.5. The summed E-state index contributed by atoms with van der Waals surface area (Å²) in [7, 11) is -3.75. The fourth-order valence-electron chi connectivity index (χ4n) is 1.71. The molecule has 112 valence electrons. The molecule has 0 spiro atoms. The van der Waals surface area contributed by atoms with Gasteiger partial charge in [0.1, 0.15) is 5.01 Å². The van der Waals surface area contributed by atoms with Crippen LogP contribution in [0, 0.1) is 6.92 Å². The lowest BCUT2D eigenvalue weighted by molar-refractivity contribution is 0.0939. The Balaban J connectivity index is 2.10. The van der Waals surface area contributed by atoms with Crippen LogP contribution in [-0.2, 0) is 10.0 Å². The van der Waals surface area contributed by atoms with E-state index in [1.807, 2.05) is 19.2 Å². The van der Waals surface area contributed by atoms with Crippen LogP contribution in [0.2, 0.25) is 0 Å². The molecule has 1 aromatic heterocycles. The summed E-state index contributed by atoms with van der Waals surface area (Å²) >= 11 is 1.48. The Morgan fingerprint density at radius 3 is 2.43 bits per heavy atom. The second-order valence-corrected chi connectivity index (χ2v) is 7.04. The van der Waals surface area contributed by atoms with Crippen LogP contribution in [-0.4, -0.2) is 19.3 Å². The largest absolute Gasteiger partial charge is 0.343 e. The van der Waals surface area contributed by atoms with Gasteiger partial charge in [-0.05, 0) is 38.1 Å². The maximum atomic E-state index is 12.1. The first kappa shape index (κ1) is 15.6. The van der Waals surface area contributed by atoms with Crippen LogP contribution in [0.3, 0.4) is 0 Å². The monoisotopic (exact) mass is 325 g/mol. The number of aromatic nitrogens is 1. The lowest BCUT2D eigenvalue weighted by Gasteiger charge is -2.11.